The lowest BCUT2D eigenvalue weighted by Gasteiger charge is -2.31. The van der Waals surface area contributed by atoms with Crippen molar-refractivity contribution >= 4 is 12.4 Å². The van der Waals surface area contributed by atoms with E-state index >= 15 is 0 Å². The molecule has 0 unspecified atom stereocenters. The molecule has 0 spiro atoms. The number of halogens is 2. The standard InChI is InChI=1S/C24H29FO4.ClH/c1-15-5-9-21-16(13-15)6-10-23(28-21)19(26)3-2-4-20(27)24-11-7-17-14-18(25)8-12-22(17)29-24;/h5,8-9,12-14,19-20,23-24,26-27H,2-4,6-7,10-11H2,1H3;1H/t19-,20-,23-,24+;/m0./s1. The Morgan fingerprint density at radius 3 is 2.03 bits per heavy atom. The van der Waals surface area contributed by atoms with Gasteiger partial charge in [0.2, 0.25) is 0 Å². The van der Waals surface area contributed by atoms with Gasteiger partial charge >= 0.3 is 0 Å². The predicted octanol–water partition coefficient (Wildman–Crippen LogP) is 4.54. The minimum Gasteiger partial charge on any atom is -0.487 e. The quantitative estimate of drug-likeness (QED) is 0.698. The summed E-state index contributed by atoms with van der Waals surface area (Å²) in [5, 5.41) is 21.1. The van der Waals surface area contributed by atoms with Gasteiger partial charge in [0, 0.05) is 0 Å². The van der Waals surface area contributed by atoms with Gasteiger partial charge in [-0.2, -0.15) is 0 Å². The zero-order chi connectivity index (χ0) is 20.4. The molecule has 4 atom stereocenters. The molecule has 2 heterocycles. The third kappa shape index (κ3) is 5.26. The molecule has 0 aromatic heterocycles. The second-order valence-electron chi connectivity index (χ2n) is 8.32. The minimum atomic E-state index is -0.601. The van der Waals surface area contributed by atoms with Crippen LogP contribution in [0.25, 0.3) is 0 Å². The van der Waals surface area contributed by atoms with Gasteiger partial charge in [-0.3, -0.25) is 0 Å². The van der Waals surface area contributed by atoms with E-state index in [0.29, 0.717) is 37.9 Å². The van der Waals surface area contributed by atoms with Crippen LogP contribution in [0.2, 0.25) is 0 Å². The molecule has 2 aliphatic heterocycles. The van der Waals surface area contributed by atoms with E-state index in [-0.39, 0.29) is 30.4 Å². The van der Waals surface area contributed by atoms with E-state index in [2.05, 4.69) is 13.0 Å². The van der Waals surface area contributed by atoms with Crippen molar-refractivity contribution in [3.05, 3.63) is 58.9 Å². The summed E-state index contributed by atoms with van der Waals surface area (Å²) in [5.74, 6) is 1.27. The van der Waals surface area contributed by atoms with Crippen molar-refractivity contribution in [3.63, 3.8) is 0 Å². The Morgan fingerprint density at radius 1 is 0.900 bits per heavy atom. The number of hydrogen-bond acceptors (Lipinski definition) is 4. The number of aliphatic hydroxyl groups is 2. The normalized spacial score (nSPS) is 21.9. The number of aliphatic hydroxyl groups excluding tert-OH is 2. The average Bonchev–Trinajstić information content (AvgIpc) is 2.72. The van der Waals surface area contributed by atoms with Gasteiger partial charge in [-0.15, -0.1) is 12.4 Å². The van der Waals surface area contributed by atoms with Crippen LogP contribution < -0.4 is 9.47 Å². The maximum atomic E-state index is 13.3. The van der Waals surface area contributed by atoms with Crippen LogP contribution in [0.1, 0.15) is 48.8 Å². The monoisotopic (exact) mass is 436 g/mol. The lowest BCUT2D eigenvalue weighted by atomic mass is 9.93. The van der Waals surface area contributed by atoms with Crippen molar-refractivity contribution in [2.45, 2.75) is 76.3 Å². The van der Waals surface area contributed by atoms with Gasteiger partial charge < -0.3 is 19.7 Å². The van der Waals surface area contributed by atoms with Crippen molar-refractivity contribution in [1.82, 2.24) is 0 Å². The Morgan fingerprint density at radius 2 is 1.43 bits per heavy atom. The summed E-state index contributed by atoms with van der Waals surface area (Å²) in [6.45, 7) is 2.07. The highest BCUT2D eigenvalue weighted by Crippen LogP contribution is 2.32. The first-order chi connectivity index (χ1) is 14.0. The summed E-state index contributed by atoms with van der Waals surface area (Å²) in [7, 11) is 0. The SMILES string of the molecule is Cc1ccc2c(c1)CC[C@@H]([C@@H](O)CCC[C@H](O)[C@H]1CCc3cc(F)ccc3O1)O2.Cl. The van der Waals surface area contributed by atoms with Crippen LogP contribution in [0.4, 0.5) is 4.39 Å². The number of hydrogen-bond donors (Lipinski definition) is 2. The number of benzene rings is 2. The molecule has 0 radical (unpaired) electrons. The summed E-state index contributed by atoms with van der Waals surface area (Å²) < 4.78 is 25.2. The third-order valence-electron chi connectivity index (χ3n) is 6.05. The molecule has 0 bridgehead atoms. The predicted molar refractivity (Wildman–Crippen MR) is 116 cm³/mol. The first kappa shape index (κ1) is 22.9. The highest BCUT2D eigenvalue weighted by molar-refractivity contribution is 5.85. The molecule has 2 aromatic rings. The molecular formula is C24H30ClFO4. The molecule has 2 aromatic carbocycles. The van der Waals surface area contributed by atoms with E-state index in [0.717, 1.165) is 24.2 Å². The van der Waals surface area contributed by atoms with E-state index in [1.807, 2.05) is 12.1 Å². The molecule has 2 N–H and O–H groups in total. The van der Waals surface area contributed by atoms with Crippen LogP contribution in [0.3, 0.4) is 0 Å². The second-order valence-corrected chi connectivity index (χ2v) is 8.32. The Labute approximate surface area is 183 Å². The molecule has 0 aliphatic carbocycles. The van der Waals surface area contributed by atoms with Crippen molar-refractivity contribution in [2.24, 2.45) is 0 Å². The second kappa shape index (κ2) is 9.99. The third-order valence-corrected chi connectivity index (χ3v) is 6.05. The number of aryl methyl sites for hydroxylation is 3. The lowest BCUT2D eigenvalue weighted by molar-refractivity contribution is 0.00136. The van der Waals surface area contributed by atoms with E-state index < -0.39 is 12.2 Å². The van der Waals surface area contributed by atoms with Gasteiger partial charge in [-0.25, -0.2) is 4.39 Å². The molecule has 2 aliphatic rings. The molecule has 0 saturated heterocycles. The van der Waals surface area contributed by atoms with Crippen molar-refractivity contribution in [3.8, 4) is 11.5 Å². The zero-order valence-corrected chi connectivity index (χ0v) is 18.0. The largest absolute Gasteiger partial charge is 0.487 e. The number of ether oxygens (including phenoxy) is 2. The molecule has 164 valence electrons. The van der Waals surface area contributed by atoms with Crippen molar-refractivity contribution < 1.29 is 24.1 Å². The van der Waals surface area contributed by atoms with Crippen molar-refractivity contribution in [2.75, 3.05) is 0 Å². The summed E-state index contributed by atoms with van der Waals surface area (Å²) in [5.41, 5.74) is 3.28. The minimum absolute atomic E-state index is 0. The van der Waals surface area contributed by atoms with Crippen LogP contribution in [-0.2, 0) is 12.8 Å². The fourth-order valence-electron chi connectivity index (χ4n) is 4.37. The van der Waals surface area contributed by atoms with Gasteiger partial charge in [-0.05, 0) is 87.3 Å². The fourth-order valence-corrected chi connectivity index (χ4v) is 4.37. The van der Waals surface area contributed by atoms with E-state index in [9.17, 15) is 14.6 Å². The molecule has 4 rings (SSSR count). The molecule has 0 saturated carbocycles. The molecule has 6 heteroatoms. The van der Waals surface area contributed by atoms with E-state index in [4.69, 9.17) is 9.47 Å². The Hall–Kier alpha value is -1.82. The smallest absolute Gasteiger partial charge is 0.125 e. The summed E-state index contributed by atoms with van der Waals surface area (Å²) in [6, 6.07) is 10.7. The van der Waals surface area contributed by atoms with Crippen LogP contribution in [0.5, 0.6) is 11.5 Å². The number of fused-ring (bicyclic) bond motifs is 2. The van der Waals surface area contributed by atoms with Crippen LogP contribution >= 0.6 is 12.4 Å². The first-order valence-corrected chi connectivity index (χ1v) is 10.6. The molecule has 4 nitrogen and oxygen atoms in total. The maximum absolute atomic E-state index is 13.3. The topological polar surface area (TPSA) is 58.9 Å². The van der Waals surface area contributed by atoms with Gasteiger partial charge in [0.05, 0.1) is 12.2 Å². The molecule has 0 fully saturated rings. The van der Waals surface area contributed by atoms with Gasteiger partial charge in [0.15, 0.2) is 0 Å². The van der Waals surface area contributed by atoms with Gasteiger partial charge in [-0.1, -0.05) is 17.7 Å². The molecule has 30 heavy (non-hydrogen) atoms. The van der Waals surface area contributed by atoms with Gasteiger partial charge in [0.25, 0.3) is 0 Å². The Kier molecular flexibility index (Phi) is 7.61. The highest BCUT2D eigenvalue weighted by atomic mass is 35.5. The first-order valence-electron chi connectivity index (χ1n) is 10.6. The summed E-state index contributed by atoms with van der Waals surface area (Å²) >= 11 is 0. The van der Waals surface area contributed by atoms with E-state index in [1.165, 1.54) is 23.3 Å². The Bertz CT molecular complexity index is 790. The van der Waals surface area contributed by atoms with Crippen LogP contribution in [0, 0.1) is 12.7 Å². The molecule has 0 amide bonds. The highest BCUT2D eigenvalue weighted by Gasteiger charge is 2.29. The van der Waals surface area contributed by atoms with Crippen LogP contribution in [0.15, 0.2) is 36.4 Å². The lowest BCUT2D eigenvalue weighted by Crippen LogP contribution is -2.36. The summed E-state index contributed by atoms with van der Waals surface area (Å²) in [6.07, 6.45) is 3.28. The maximum Gasteiger partial charge on any atom is 0.125 e. The Balaban J connectivity index is 0.00000256. The fraction of sp³-hybridized carbons (Fsp3) is 0.500. The van der Waals surface area contributed by atoms with Crippen LogP contribution in [-0.4, -0.2) is 34.6 Å². The van der Waals surface area contributed by atoms with E-state index in [1.54, 1.807) is 6.07 Å². The average molecular weight is 437 g/mol. The summed E-state index contributed by atoms with van der Waals surface area (Å²) in [4.78, 5) is 0. The van der Waals surface area contributed by atoms with Gasteiger partial charge in [0.1, 0.15) is 29.5 Å². The molecular weight excluding hydrogens is 407 g/mol. The zero-order valence-electron chi connectivity index (χ0n) is 17.2. The number of rotatable bonds is 6. The van der Waals surface area contributed by atoms with Crippen molar-refractivity contribution in [1.29, 1.82) is 0 Å².